The number of amides is 1. The molecule has 0 spiro atoms. The van der Waals surface area contributed by atoms with Gasteiger partial charge in [-0.3, -0.25) is 4.79 Å². The Kier molecular flexibility index (Phi) is 4.09. The zero-order chi connectivity index (χ0) is 14.7. The lowest BCUT2D eigenvalue weighted by molar-refractivity contribution is -0.117. The molecule has 1 aromatic carbocycles. The van der Waals surface area contributed by atoms with Gasteiger partial charge in [0.25, 0.3) is 0 Å². The highest BCUT2D eigenvalue weighted by atomic mass is 16.5. The normalized spacial score (nSPS) is 18.2. The van der Waals surface area contributed by atoms with Gasteiger partial charge >= 0.3 is 5.97 Å². The van der Waals surface area contributed by atoms with E-state index in [0.29, 0.717) is 18.5 Å². The Labute approximate surface area is 118 Å². The lowest BCUT2D eigenvalue weighted by atomic mass is 10.1. The molecule has 0 N–H and O–H groups in total. The van der Waals surface area contributed by atoms with Crippen molar-refractivity contribution in [1.82, 2.24) is 0 Å². The predicted molar refractivity (Wildman–Crippen MR) is 76.3 cm³/mol. The number of anilines is 1. The number of esters is 1. The van der Waals surface area contributed by atoms with E-state index in [1.807, 2.05) is 0 Å². The van der Waals surface area contributed by atoms with Gasteiger partial charge in [-0.2, -0.15) is 0 Å². The number of ether oxygens (including phenoxy) is 1. The maximum Gasteiger partial charge on any atom is 0.338 e. The molecule has 1 atom stereocenters. The maximum atomic E-state index is 11.8. The minimum atomic E-state index is -0.360. The highest BCUT2D eigenvalue weighted by Gasteiger charge is 2.29. The van der Waals surface area contributed by atoms with Crippen molar-refractivity contribution in [3.8, 4) is 12.3 Å². The van der Waals surface area contributed by atoms with Gasteiger partial charge in [0, 0.05) is 24.6 Å². The zero-order valence-corrected chi connectivity index (χ0v) is 11.6. The van der Waals surface area contributed by atoms with E-state index in [0.717, 1.165) is 5.69 Å². The number of hydrogen-bond donors (Lipinski definition) is 0. The first-order valence-electron chi connectivity index (χ1n) is 6.58. The van der Waals surface area contributed by atoms with E-state index in [1.165, 1.54) is 0 Å². The highest BCUT2D eigenvalue weighted by Crippen LogP contribution is 2.25. The molecule has 1 fully saturated rings. The quantitative estimate of drug-likeness (QED) is 0.625. The SMILES string of the molecule is C#CC1CC(=O)N(c2ccc(C(=O)OC(C)C)cc2)C1. The summed E-state index contributed by atoms with van der Waals surface area (Å²) in [7, 11) is 0. The summed E-state index contributed by atoms with van der Waals surface area (Å²) in [4.78, 5) is 25.2. The Morgan fingerprint density at radius 2 is 2.05 bits per heavy atom. The van der Waals surface area contributed by atoms with Crippen LogP contribution in [0.1, 0.15) is 30.6 Å². The van der Waals surface area contributed by atoms with E-state index in [1.54, 1.807) is 43.0 Å². The van der Waals surface area contributed by atoms with E-state index in [2.05, 4.69) is 5.92 Å². The second-order valence-electron chi connectivity index (χ2n) is 5.07. The van der Waals surface area contributed by atoms with Crippen LogP contribution >= 0.6 is 0 Å². The van der Waals surface area contributed by atoms with Gasteiger partial charge in [0.15, 0.2) is 0 Å². The monoisotopic (exact) mass is 271 g/mol. The number of terminal acetylenes is 1. The van der Waals surface area contributed by atoms with Crippen LogP contribution in [0.2, 0.25) is 0 Å². The van der Waals surface area contributed by atoms with Gasteiger partial charge in [-0.1, -0.05) is 0 Å². The van der Waals surface area contributed by atoms with Gasteiger partial charge in [-0.25, -0.2) is 4.79 Å². The van der Waals surface area contributed by atoms with E-state index in [-0.39, 0.29) is 23.9 Å². The third kappa shape index (κ3) is 3.00. The van der Waals surface area contributed by atoms with Crippen molar-refractivity contribution in [3.63, 3.8) is 0 Å². The van der Waals surface area contributed by atoms with Crippen molar-refractivity contribution >= 4 is 17.6 Å². The largest absolute Gasteiger partial charge is 0.459 e. The topological polar surface area (TPSA) is 46.6 Å². The lowest BCUT2D eigenvalue weighted by Gasteiger charge is -2.16. The molecule has 1 aliphatic heterocycles. The second kappa shape index (κ2) is 5.79. The molecular formula is C16H17NO3. The minimum absolute atomic E-state index is 0.0189. The third-order valence-electron chi connectivity index (χ3n) is 3.12. The fraction of sp³-hybridized carbons (Fsp3) is 0.375. The third-order valence-corrected chi connectivity index (χ3v) is 3.12. The van der Waals surface area contributed by atoms with Crippen molar-refractivity contribution < 1.29 is 14.3 Å². The van der Waals surface area contributed by atoms with Gasteiger partial charge < -0.3 is 9.64 Å². The molecule has 0 bridgehead atoms. The minimum Gasteiger partial charge on any atom is -0.459 e. The van der Waals surface area contributed by atoms with E-state index >= 15 is 0 Å². The molecule has 1 aromatic rings. The average Bonchev–Trinajstić information content (AvgIpc) is 2.79. The van der Waals surface area contributed by atoms with E-state index < -0.39 is 0 Å². The Balaban J connectivity index is 2.11. The Morgan fingerprint density at radius 3 is 2.55 bits per heavy atom. The first-order chi connectivity index (χ1) is 9.51. The summed E-state index contributed by atoms with van der Waals surface area (Å²) >= 11 is 0. The van der Waals surface area contributed by atoms with E-state index in [4.69, 9.17) is 11.2 Å². The standard InChI is InChI=1S/C16H17NO3/c1-4-12-9-15(18)17(10-12)14-7-5-13(6-8-14)16(19)20-11(2)3/h1,5-8,11-12H,9-10H2,2-3H3. The van der Waals surface area contributed by atoms with Gasteiger partial charge in [-0.15, -0.1) is 12.3 Å². The summed E-state index contributed by atoms with van der Waals surface area (Å²) in [6, 6.07) is 6.81. The van der Waals surface area contributed by atoms with Crippen LogP contribution in [0.4, 0.5) is 5.69 Å². The van der Waals surface area contributed by atoms with Crippen molar-refractivity contribution in [2.75, 3.05) is 11.4 Å². The number of nitrogens with zero attached hydrogens (tertiary/aromatic N) is 1. The van der Waals surface area contributed by atoms with Crippen molar-refractivity contribution in [2.45, 2.75) is 26.4 Å². The summed E-state index contributed by atoms with van der Waals surface area (Å²) in [6.07, 6.45) is 5.59. The Hall–Kier alpha value is -2.28. The maximum absolute atomic E-state index is 11.8. The molecule has 2 rings (SSSR count). The highest BCUT2D eigenvalue weighted by molar-refractivity contribution is 5.97. The molecule has 0 aliphatic carbocycles. The molecule has 20 heavy (non-hydrogen) atoms. The lowest BCUT2D eigenvalue weighted by Crippen LogP contribution is -2.24. The van der Waals surface area contributed by atoms with Crippen LogP contribution in [0.25, 0.3) is 0 Å². The second-order valence-corrected chi connectivity index (χ2v) is 5.07. The summed E-state index contributed by atoms with van der Waals surface area (Å²) in [5, 5.41) is 0. The summed E-state index contributed by atoms with van der Waals surface area (Å²) in [5.41, 5.74) is 1.23. The number of carbonyl (C=O) groups excluding carboxylic acids is 2. The molecule has 0 radical (unpaired) electrons. The van der Waals surface area contributed by atoms with Gasteiger partial charge in [0.1, 0.15) is 0 Å². The molecule has 4 heteroatoms. The van der Waals surface area contributed by atoms with Crippen LogP contribution in [-0.2, 0) is 9.53 Å². The molecule has 1 saturated heterocycles. The van der Waals surface area contributed by atoms with E-state index in [9.17, 15) is 9.59 Å². The van der Waals surface area contributed by atoms with Crippen molar-refractivity contribution in [1.29, 1.82) is 0 Å². The van der Waals surface area contributed by atoms with Gasteiger partial charge in [-0.05, 0) is 38.1 Å². The summed E-state index contributed by atoms with van der Waals surface area (Å²) in [5.74, 6) is 2.23. The van der Waals surface area contributed by atoms with Gasteiger partial charge in [0.2, 0.25) is 5.91 Å². The number of carbonyl (C=O) groups is 2. The first-order valence-corrected chi connectivity index (χ1v) is 6.58. The van der Waals surface area contributed by atoms with Crippen LogP contribution < -0.4 is 4.90 Å². The average molecular weight is 271 g/mol. The zero-order valence-electron chi connectivity index (χ0n) is 11.6. The molecule has 104 valence electrons. The molecule has 1 aliphatic rings. The Morgan fingerprint density at radius 1 is 1.40 bits per heavy atom. The van der Waals surface area contributed by atoms with Crippen molar-refractivity contribution in [3.05, 3.63) is 29.8 Å². The summed E-state index contributed by atoms with van der Waals surface area (Å²) < 4.78 is 5.11. The number of hydrogen-bond acceptors (Lipinski definition) is 3. The molecule has 4 nitrogen and oxygen atoms in total. The van der Waals surface area contributed by atoms with Crippen LogP contribution in [0.5, 0.6) is 0 Å². The summed E-state index contributed by atoms with van der Waals surface area (Å²) in [6.45, 7) is 4.13. The Bertz CT molecular complexity index is 554. The fourth-order valence-electron chi connectivity index (χ4n) is 2.13. The molecule has 0 saturated carbocycles. The fourth-order valence-corrected chi connectivity index (χ4v) is 2.13. The molecular weight excluding hydrogens is 254 g/mol. The van der Waals surface area contributed by atoms with Crippen LogP contribution in [0.3, 0.4) is 0 Å². The van der Waals surface area contributed by atoms with Crippen molar-refractivity contribution in [2.24, 2.45) is 5.92 Å². The van der Waals surface area contributed by atoms with Crippen LogP contribution in [0, 0.1) is 18.3 Å². The number of rotatable bonds is 3. The molecule has 0 aromatic heterocycles. The van der Waals surface area contributed by atoms with Crippen LogP contribution in [0.15, 0.2) is 24.3 Å². The smallest absolute Gasteiger partial charge is 0.338 e. The number of benzene rings is 1. The first kappa shape index (κ1) is 14.1. The van der Waals surface area contributed by atoms with Crippen LogP contribution in [-0.4, -0.2) is 24.5 Å². The molecule has 1 heterocycles. The predicted octanol–water partition coefficient (Wildman–Crippen LogP) is 2.24. The molecule has 1 unspecified atom stereocenters. The molecule has 1 amide bonds. The van der Waals surface area contributed by atoms with Gasteiger partial charge in [0.05, 0.1) is 11.7 Å².